The molecule has 0 fully saturated rings. The lowest BCUT2D eigenvalue weighted by atomic mass is 9.86. The number of pyridine rings is 1. The number of aliphatic carboxylic acids is 1. The third kappa shape index (κ3) is 3.94. The molecule has 1 heterocycles. The Morgan fingerprint density at radius 2 is 1.90 bits per heavy atom. The van der Waals surface area contributed by atoms with Gasteiger partial charge in [0.2, 0.25) is 0 Å². The van der Waals surface area contributed by atoms with Crippen LogP contribution >= 0.6 is 0 Å². The Bertz CT molecular complexity index is 489. The third-order valence-corrected chi connectivity index (χ3v) is 2.86. The minimum absolute atomic E-state index is 0.339. The molecule has 0 saturated heterocycles. The second-order valence-electron chi connectivity index (χ2n) is 5.91. The molecular weight excluding hydrogens is 258 g/mol. The summed E-state index contributed by atoms with van der Waals surface area (Å²) in [6.07, 6.45) is 1.44. The Balaban J connectivity index is 2.87. The lowest BCUT2D eigenvalue weighted by Crippen LogP contribution is -2.49. The number of nitrogens with zero attached hydrogens (tertiary/aromatic N) is 2. The molecule has 0 aliphatic carbocycles. The highest BCUT2D eigenvalue weighted by Crippen LogP contribution is 2.20. The first kappa shape index (κ1) is 15.9. The Morgan fingerprint density at radius 1 is 1.30 bits per heavy atom. The monoisotopic (exact) mass is 279 g/mol. The Kier molecular flexibility index (Phi) is 4.70. The lowest BCUT2D eigenvalue weighted by molar-refractivity contribution is -0.142. The molecule has 0 aromatic carbocycles. The fourth-order valence-electron chi connectivity index (χ4n) is 1.65. The summed E-state index contributed by atoms with van der Waals surface area (Å²) >= 11 is 0. The summed E-state index contributed by atoms with van der Waals surface area (Å²) in [7, 11) is 3.70. The first-order valence-corrected chi connectivity index (χ1v) is 6.30. The molecule has 20 heavy (non-hydrogen) atoms. The number of amides is 1. The predicted molar refractivity (Wildman–Crippen MR) is 76.9 cm³/mol. The Hall–Kier alpha value is -2.11. The fraction of sp³-hybridized carbons (Fsp3) is 0.500. The van der Waals surface area contributed by atoms with Crippen LogP contribution in [-0.4, -0.2) is 42.1 Å². The van der Waals surface area contributed by atoms with E-state index in [9.17, 15) is 14.7 Å². The van der Waals surface area contributed by atoms with Crippen LogP contribution in [0.5, 0.6) is 0 Å². The van der Waals surface area contributed by atoms with Crippen LogP contribution in [0.4, 0.5) is 5.82 Å². The summed E-state index contributed by atoms with van der Waals surface area (Å²) in [6.45, 7) is 5.29. The van der Waals surface area contributed by atoms with Crippen molar-refractivity contribution in [2.24, 2.45) is 5.41 Å². The quantitative estimate of drug-likeness (QED) is 0.870. The van der Waals surface area contributed by atoms with Crippen molar-refractivity contribution in [1.82, 2.24) is 10.3 Å². The van der Waals surface area contributed by atoms with Crippen LogP contribution in [0.25, 0.3) is 0 Å². The minimum atomic E-state index is -1.05. The number of hydrogen-bond donors (Lipinski definition) is 2. The second-order valence-corrected chi connectivity index (χ2v) is 5.91. The highest BCUT2D eigenvalue weighted by atomic mass is 16.4. The van der Waals surface area contributed by atoms with Gasteiger partial charge in [0.15, 0.2) is 0 Å². The van der Waals surface area contributed by atoms with E-state index in [2.05, 4.69) is 10.3 Å². The molecular formula is C14H21N3O3. The van der Waals surface area contributed by atoms with E-state index in [0.717, 1.165) is 5.82 Å². The zero-order valence-corrected chi connectivity index (χ0v) is 12.5. The van der Waals surface area contributed by atoms with Crippen LogP contribution < -0.4 is 10.2 Å². The van der Waals surface area contributed by atoms with Crippen molar-refractivity contribution in [3.63, 3.8) is 0 Å². The molecule has 0 aliphatic rings. The maximum absolute atomic E-state index is 12.1. The van der Waals surface area contributed by atoms with Crippen molar-refractivity contribution in [3.05, 3.63) is 23.9 Å². The first-order chi connectivity index (χ1) is 9.12. The number of carboxylic acid groups (broad SMARTS) is 1. The van der Waals surface area contributed by atoms with Crippen molar-refractivity contribution in [2.75, 3.05) is 19.0 Å². The van der Waals surface area contributed by atoms with E-state index < -0.39 is 23.3 Å². The number of anilines is 1. The van der Waals surface area contributed by atoms with Crippen LogP contribution in [0.3, 0.4) is 0 Å². The highest BCUT2D eigenvalue weighted by molar-refractivity contribution is 5.96. The second kappa shape index (κ2) is 5.90. The summed E-state index contributed by atoms with van der Waals surface area (Å²) in [4.78, 5) is 29.2. The fourth-order valence-corrected chi connectivity index (χ4v) is 1.65. The van der Waals surface area contributed by atoms with E-state index in [-0.39, 0.29) is 0 Å². The number of hydrogen-bond acceptors (Lipinski definition) is 4. The van der Waals surface area contributed by atoms with Gasteiger partial charge < -0.3 is 15.3 Å². The molecule has 1 unspecified atom stereocenters. The van der Waals surface area contributed by atoms with Gasteiger partial charge in [-0.1, -0.05) is 20.8 Å². The van der Waals surface area contributed by atoms with Crippen LogP contribution in [-0.2, 0) is 4.79 Å². The number of carbonyl (C=O) groups excluding carboxylic acids is 1. The van der Waals surface area contributed by atoms with Crippen LogP contribution in [0, 0.1) is 5.41 Å². The number of carbonyl (C=O) groups is 2. The number of aromatic nitrogens is 1. The summed E-state index contributed by atoms with van der Waals surface area (Å²) in [5.41, 5.74) is -0.232. The Labute approximate surface area is 118 Å². The third-order valence-electron chi connectivity index (χ3n) is 2.86. The predicted octanol–water partition coefficient (Wildman–Crippen LogP) is 1.38. The molecule has 1 amide bonds. The Morgan fingerprint density at radius 3 is 2.25 bits per heavy atom. The zero-order chi connectivity index (χ0) is 15.5. The molecule has 1 aromatic heterocycles. The van der Waals surface area contributed by atoms with Crippen molar-refractivity contribution < 1.29 is 14.7 Å². The largest absolute Gasteiger partial charge is 0.480 e. The van der Waals surface area contributed by atoms with Gasteiger partial charge in [0.25, 0.3) is 5.91 Å². The van der Waals surface area contributed by atoms with Crippen LogP contribution in [0.2, 0.25) is 0 Å². The molecule has 6 nitrogen and oxygen atoms in total. The standard InChI is InChI=1S/C14H21N3O3/c1-14(2,3)11(13(19)20)16-12(18)9-6-7-10(15-8-9)17(4)5/h6-8,11H,1-5H3,(H,16,18)(H,19,20). The van der Waals surface area contributed by atoms with E-state index >= 15 is 0 Å². The van der Waals surface area contributed by atoms with Crippen molar-refractivity contribution in [2.45, 2.75) is 26.8 Å². The van der Waals surface area contributed by atoms with Gasteiger partial charge in [0.05, 0.1) is 5.56 Å². The van der Waals surface area contributed by atoms with Gasteiger partial charge in [-0.05, 0) is 17.5 Å². The van der Waals surface area contributed by atoms with E-state index in [4.69, 9.17) is 0 Å². The van der Waals surface area contributed by atoms with Gasteiger partial charge in [-0.25, -0.2) is 9.78 Å². The highest BCUT2D eigenvalue weighted by Gasteiger charge is 2.32. The lowest BCUT2D eigenvalue weighted by Gasteiger charge is -2.27. The topological polar surface area (TPSA) is 82.5 Å². The number of rotatable bonds is 4. The SMILES string of the molecule is CN(C)c1ccc(C(=O)NC(C(=O)O)C(C)(C)C)cn1. The maximum atomic E-state index is 12.1. The van der Waals surface area contributed by atoms with Crippen molar-refractivity contribution in [3.8, 4) is 0 Å². The molecule has 110 valence electrons. The van der Waals surface area contributed by atoms with Gasteiger partial charge >= 0.3 is 5.97 Å². The summed E-state index contributed by atoms with van der Waals surface area (Å²) in [5, 5.41) is 11.7. The maximum Gasteiger partial charge on any atom is 0.326 e. The van der Waals surface area contributed by atoms with Gasteiger partial charge in [-0.15, -0.1) is 0 Å². The summed E-state index contributed by atoms with van der Waals surface area (Å²) < 4.78 is 0. The van der Waals surface area contributed by atoms with Gasteiger partial charge in [0.1, 0.15) is 11.9 Å². The summed E-state index contributed by atoms with van der Waals surface area (Å²) in [6, 6.07) is 2.38. The molecule has 0 spiro atoms. The molecule has 6 heteroatoms. The van der Waals surface area contributed by atoms with Gasteiger partial charge in [-0.2, -0.15) is 0 Å². The smallest absolute Gasteiger partial charge is 0.326 e. The average Bonchev–Trinajstić information content (AvgIpc) is 2.33. The molecule has 0 saturated carbocycles. The molecule has 1 rings (SSSR count). The van der Waals surface area contributed by atoms with Crippen LogP contribution in [0.15, 0.2) is 18.3 Å². The van der Waals surface area contributed by atoms with Gasteiger partial charge in [0, 0.05) is 20.3 Å². The molecule has 0 radical (unpaired) electrons. The summed E-state index contributed by atoms with van der Waals surface area (Å²) in [5.74, 6) is -0.763. The molecule has 0 aliphatic heterocycles. The van der Waals surface area contributed by atoms with E-state index in [1.165, 1.54) is 6.20 Å². The minimum Gasteiger partial charge on any atom is -0.480 e. The molecule has 0 bridgehead atoms. The van der Waals surface area contributed by atoms with Gasteiger partial charge in [-0.3, -0.25) is 4.79 Å². The zero-order valence-electron chi connectivity index (χ0n) is 12.5. The normalized spacial score (nSPS) is 12.7. The van der Waals surface area contributed by atoms with Crippen molar-refractivity contribution in [1.29, 1.82) is 0 Å². The van der Waals surface area contributed by atoms with E-state index in [1.54, 1.807) is 32.9 Å². The molecule has 1 atom stereocenters. The average molecular weight is 279 g/mol. The van der Waals surface area contributed by atoms with E-state index in [1.807, 2.05) is 19.0 Å². The van der Waals surface area contributed by atoms with Crippen LogP contribution in [0.1, 0.15) is 31.1 Å². The molecule has 2 N–H and O–H groups in total. The molecule has 1 aromatic rings. The first-order valence-electron chi connectivity index (χ1n) is 6.30. The number of carboxylic acids is 1. The van der Waals surface area contributed by atoms with Crippen molar-refractivity contribution >= 4 is 17.7 Å². The number of nitrogens with one attached hydrogen (secondary N) is 1. The van der Waals surface area contributed by atoms with E-state index in [0.29, 0.717) is 5.56 Å².